The van der Waals surface area contributed by atoms with Crippen LogP contribution < -0.4 is 14.4 Å². The molecular weight excluding hydrogens is 586 g/mol. The van der Waals surface area contributed by atoms with E-state index in [2.05, 4.69) is 5.32 Å². The number of nitrogens with zero attached hydrogens (tertiary/aromatic N) is 2. The SMILES string of the molecule is CCOc1ccc(S(=O)(=O)N(CC(=O)N(Cc2ccccc2)[C@H](Cc2ccccc2)C(=O)NCC(C)C)c2ccccc2)cc1. The molecule has 9 heteroatoms. The van der Waals surface area contributed by atoms with Crippen LogP contribution in [0, 0.1) is 5.92 Å². The maximum atomic E-state index is 14.4. The first-order valence-corrected chi connectivity index (χ1v) is 16.6. The van der Waals surface area contributed by atoms with Gasteiger partial charge < -0.3 is 15.0 Å². The van der Waals surface area contributed by atoms with Crippen molar-refractivity contribution in [3.8, 4) is 5.75 Å². The van der Waals surface area contributed by atoms with Gasteiger partial charge in [0.2, 0.25) is 11.8 Å². The van der Waals surface area contributed by atoms with E-state index in [1.165, 1.54) is 17.0 Å². The quantitative estimate of drug-likeness (QED) is 0.183. The highest BCUT2D eigenvalue weighted by atomic mass is 32.2. The van der Waals surface area contributed by atoms with E-state index in [0.29, 0.717) is 24.6 Å². The second-order valence-electron chi connectivity index (χ2n) is 11.1. The fraction of sp³-hybridized carbons (Fsp3) is 0.278. The molecule has 4 aromatic carbocycles. The summed E-state index contributed by atoms with van der Waals surface area (Å²) in [6.07, 6.45) is 0.264. The smallest absolute Gasteiger partial charge is 0.264 e. The lowest BCUT2D eigenvalue weighted by molar-refractivity contribution is -0.140. The highest BCUT2D eigenvalue weighted by molar-refractivity contribution is 7.92. The maximum absolute atomic E-state index is 14.4. The highest BCUT2D eigenvalue weighted by Gasteiger charge is 2.34. The van der Waals surface area contributed by atoms with Crippen molar-refractivity contribution in [1.29, 1.82) is 0 Å². The Morgan fingerprint density at radius 2 is 1.33 bits per heavy atom. The van der Waals surface area contributed by atoms with E-state index in [4.69, 9.17) is 4.74 Å². The summed E-state index contributed by atoms with van der Waals surface area (Å²) in [4.78, 5) is 29.8. The Kier molecular flexibility index (Phi) is 11.8. The molecule has 1 N–H and O–H groups in total. The number of rotatable bonds is 15. The molecule has 0 aromatic heterocycles. The predicted octanol–water partition coefficient (Wildman–Crippen LogP) is 5.69. The van der Waals surface area contributed by atoms with Crippen LogP contribution in [0.1, 0.15) is 31.9 Å². The molecular formula is C36H41N3O5S. The summed E-state index contributed by atoms with van der Waals surface area (Å²) in [6.45, 7) is 6.37. The van der Waals surface area contributed by atoms with Crippen molar-refractivity contribution < 1.29 is 22.7 Å². The third-order valence-electron chi connectivity index (χ3n) is 7.20. The molecule has 0 saturated carbocycles. The predicted molar refractivity (Wildman–Crippen MR) is 177 cm³/mol. The highest BCUT2D eigenvalue weighted by Crippen LogP contribution is 2.26. The van der Waals surface area contributed by atoms with E-state index in [-0.39, 0.29) is 29.7 Å². The largest absolute Gasteiger partial charge is 0.494 e. The number of carbonyl (C=O) groups is 2. The average molecular weight is 628 g/mol. The molecule has 0 radical (unpaired) electrons. The summed E-state index contributed by atoms with van der Waals surface area (Å²) in [5, 5.41) is 3.00. The summed E-state index contributed by atoms with van der Waals surface area (Å²) >= 11 is 0. The zero-order chi connectivity index (χ0) is 32.2. The number of sulfonamides is 1. The molecule has 1 atom stereocenters. The van der Waals surface area contributed by atoms with Crippen LogP contribution in [0.2, 0.25) is 0 Å². The molecule has 0 bridgehead atoms. The molecule has 236 valence electrons. The molecule has 45 heavy (non-hydrogen) atoms. The summed E-state index contributed by atoms with van der Waals surface area (Å²) in [5.74, 6) is -0.0447. The van der Waals surface area contributed by atoms with Gasteiger partial charge in [0.1, 0.15) is 18.3 Å². The standard InChI is InChI=1S/C36H41N3O5S/c1-4-44-32-20-22-33(23-21-32)45(42,43)39(31-18-12-7-13-19-31)27-35(40)38(26-30-16-10-6-11-17-30)34(36(41)37-25-28(2)3)24-29-14-8-5-9-15-29/h5-23,28,34H,4,24-27H2,1-3H3,(H,37,41)/t34-/m1/s1. The molecule has 0 saturated heterocycles. The first kappa shape index (κ1) is 33.3. The summed E-state index contributed by atoms with van der Waals surface area (Å²) in [6, 6.07) is 32.7. The van der Waals surface area contributed by atoms with Gasteiger partial charge in [-0.1, -0.05) is 92.7 Å². The fourth-order valence-electron chi connectivity index (χ4n) is 4.88. The fourth-order valence-corrected chi connectivity index (χ4v) is 6.30. The van der Waals surface area contributed by atoms with Crippen molar-refractivity contribution in [3.63, 3.8) is 0 Å². The summed E-state index contributed by atoms with van der Waals surface area (Å²) < 4.78 is 34.9. The van der Waals surface area contributed by atoms with E-state index in [1.807, 2.05) is 81.4 Å². The average Bonchev–Trinajstić information content (AvgIpc) is 3.05. The first-order valence-electron chi connectivity index (χ1n) is 15.1. The van der Waals surface area contributed by atoms with E-state index < -0.39 is 28.5 Å². The lowest BCUT2D eigenvalue weighted by Gasteiger charge is -2.34. The maximum Gasteiger partial charge on any atom is 0.264 e. The van der Waals surface area contributed by atoms with E-state index in [0.717, 1.165) is 15.4 Å². The molecule has 2 amide bonds. The molecule has 0 aliphatic rings. The molecule has 0 aliphatic heterocycles. The number of hydrogen-bond donors (Lipinski definition) is 1. The van der Waals surface area contributed by atoms with Crippen molar-refractivity contribution in [2.75, 3.05) is 24.0 Å². The van der Waals surface area contributed by atoms with Crippen LogP contribution in [0.3, 0.4) is 0 Å². The Balaban J connectivity index is 1.75. The minimum Gasteiger partial charge on any atom is -0.494 e. The van der Waals surface area contributed by atoms with E-state index in [1.54, 1.807) is 42.5 Å². The van der Waals surface area contributed by atoms with Crippen LogP contribution in [0.5, 0.6) is 5.75 Å². The van der Waals surface area contributed by atoms with Crippen molar-refractivity contribution >= 4 is 27.5 Å². The Morgan fingerprint density at radius 1 is 0.778 bits per heavy atom. The third-order valence-corrected chi connectivity index (χ3v) is 8.99. The number of benzene rings is 4. The zero-order valence-corrected chi connectivity index (χ0v) is 26.8. The molecule has 0 spiro atoms. The Morgan fingerprint density at radius 3 is 1.89 bits per heavy atom. The Bertz CT molecular complexity index is 1610. The third kappa shape index (κ3) is 9.18. The van der Waals surface area contributed by atoms with Crippen LogP contribution in [-0.2, 0) is 32.6 Å². The first-order chi connectivity index (χ1) is 21.7. The van der Waals surface area contributed by atoms with Crippen molar-refractivity contribution in [3.05, 3.63) is 126 Å². The summed E-state index contributed by atoms with van der Waals surface area (Å²) in [7, 11) is -4.18. The number of hydrogen-bond acceptors (Lipinski definition) is 5. The van der Waals surface area contributed by atoms with Gasteiger partial charge >= 0.3 is 0 Å². The monoisotopic (exact) mass is 627 g/mol. The van der Waals surface area contributed by atoms with Crippen LogP contribution in [0.25, 0.3) is 0 Å². The number of carbonyl (C=O) groups excluding carboxylic acids is 2. The van der Waals surface area contributed by atoms with Gasteiger partial charge in [0, 0.05) is 19.5 Å². The molecule has 4 aromatic rings. The minimum absolute atomic E-state index is 0.0210. The zero-order valence-electron chi connectivity index (χ0n) is 26.0. The number of anilines is 1. The molecule has 0 unspecified atom stereocenters. The number of ether oxygens (including phenoxy) is 1. The van der Waals surface area contributed by atoms with Gasteiger partial charge in [-0.15, -0.1) is 0 Å². The van der Waals surface area contributed by atoms with E-state index >= 15 is 0 Å². The topological polar surface area (TPSA) is 96.0 Å². The van der Waals surface area contributed by atoms with Crippen LogP contribution in [-0.4, -0.2) is 50.9 Å². The van der Waals surface area contributed by atoms with Gasteiger partial charge in [0.05, 0.1) is 17.2 Å². The van der Waals surface area contributed by atoms with Crippen LogP contribution >= 0.6 is 0 Å². The van der Waals surface area contributed by atoms with Gasteiger partial charge in [0.25, 0.3) is 10.0 Å². The Labute approximate surface area is 266 Å². The molecule has 0 fully saturated rings. The van der Waals surface area contributed by atoms with Gasteiger partial charge in [-0.2, -0.15) is 0 Å². The summed E-state index contributed by atoms with van der Waals surface area (Å²) in [5.41, 5.74) is 2.04. The second-order valence-corrected chi connectivity index (χ2v) is 13.0. The van der Waals surface area contributed by atoms with Crippen molar-refractivity contribution in [2.45, 2.75) is 44.7 Å². The number of nitrogens with one attached hydrogen (secondary N) is 1. The number of para-hydroxylation sites is 1. The molecule has 8 nitrogen and oxygen atoms in total. The molecule has 0 aliphatic carbocycles. The van der Waals surface area contributed by atoms with Crippen molar-refractivity contribution in [2.24, 2.45) is 5.92 Å². The normalized spacial score (nSPS) is 11.9. The molecule has 4 rings (SSSR count). The van der Waals surface area contributed by atoms with Crippen LogP contribution in [0.15, 0.2) is 120 Å². The minimum atomic E-state index is -4.18. The van der Waals surface area contributed by atoms with Crippen LogP contribution in [0.4, 0.5) is 5.69 Å². The Hall–Kier alpha value is -4.63. The van der Waals surface area contributed by atoms with E-state index in [9.17, 15) is 18.0 Å². The molecule has 0 heterocycles. The van der Waals surface area contributed by atoms with Gasteiger partial charge in [0.15, 0.2) is 0 Å². The second kappa shape index (κ2) is 15.9. The van der Waals surface area contributed by atoms with Crippen molar-refractivity contribution in [1.82, 2.24) is 10.2 Å². The van der Waals surface area contributed by atoms with Gasteiger partial charge in [-0.25, -0.2) is 8.42 Å². The van der Waals surface area contributed by atoms with Gasteiger partial charge in [-0.05, 0) is 60.4 Å². The lowest BCUT2D eigenvalue weighted by Crippen LogP contribution is -2.53. The van der Waals surface area contributed by atoms with Gasteiger partial charge in [-0.3, -0.25) is 13.9 Å². The number of amides is 2. The lowest BCUT2D eigenvalue weighted by atomic mass is 10.0.